The van der Waals surface area contributed by atoms with Crippen LogP contribution in [0, 0.1) is 0 Å². The second-order valence-corrected chi connectivity index (χ2v) is 6.15. The highest BCUT2D eigenvalue weighted by molar-refractivity contribution is 7.07. The number of pyridine rings is 1. The number of aromatic nitrogens is 1. The van der Waals surface area contributed by atoms with E-state index in [4.69, 9.17) is 0 Å². The van der Waals surface area contributed by atoms with E-state index >= 15 is 0 Å². The number of aryl methyl sites for hydroxylation is 1. The number of thiophene rings is 1. The topological polar surface area (TPSA) is 54.3 Å². The highest BCUT2D eigenvalue weighted by Crippen LogP contribution is 2.22. The third-order valence-corrected chi connectivity index (χ3v) is 4.71. The maximum Gasteiger partial charge on any atom is 0.251 e. The Morgan fingerprint density at radius 2 is 2.09 bits per heavy atom. The monoisotopic (exact) mass is 333 g/mol. The molecule has 1 atom stereocenters. The summed E-state index contributed by atoms with van der Waals surface area (Å²) in [5.41, 5.74) is 1.43. The molecule has 6 heteroatoms. The number of carbonyl (C=O) groups is 1. The molecular weight excluding hydrogens is 310 g/mol. The Hall–Kier alpha value is -1.92. The Balaban J connectivity index is 2.10. The predicted molar refractivity (Wildman–Crippen MR) is 94.0 cm³/mol. The largest absolute Gasteiger partial charge is 0.350 e. The third-order valence-electron chi connectivity index (χ3n) is 4.00. The summed E-state index contributed by atoms with van der Waals surface area (Å²) in [5, 5.41) is 7.13. The van der Waals surface area contributed by atoms with Gasteiger partial charge in [-0.3, -0.25) is 14.5 Å². The van der Waals surface area contributed by atoms with Crippen molar-refractivity contribution < 1.29 is 4.79 Å². The number of rotatable bonds is 7. The second-order valence-electron chi connectivity index (χ2n) is 5.37. The van der Waals surface area contributed by atoms with Gasteiger partial charge in [0, 0.05) is 31.4 Å². The van der Waals surface area contributed by atoms with Crippen LogP contribution < -0.4 is 10.9 Å². The Morgan fingerprint density at radius 3 is 2.65 bits per heavy atom. The lowest BCUT2D eigenvalue weighted by molar-refractivity contribution is 0.0934. The highest BCUT2D eigenvalue weighted by Gasteiger charge is 2.19. The molecule has 0 fully saturated rings. The SMILES string of the molecule is CCN(CC)C(CNC(=O)c1ccn(C)c(=O)c1)c1ccsc1. The molecule has 1 unspecified atom stereocenters. The van der Waals surface area contributed by atoms with Crippen LogP contribution in [0.25, 0.3) is 0 Å². The number of likely N-dealkylation sites (N-methyl/N-ethyl adjacent to an activating group) is 1. The molecule has 23 heavy (non-hydrogen) atoms. The molecule has 0 spiro atoms. The van der Waals surface area contributed by atoms with Crippen LogP contribution in [0.1, 0.15) is 35.8 Å². The number of nitrogens with one attached hydrogen (secondary N) is 1. The maximum absolute atomic E-state index is 12.3. The van der Waals surface area contributed by atoms with Crippen molar-refractivity contribution in [3.63, 3.8) is 0 Å². The molecule has 5 nitrogen and oxygen atoms in total. The van der Waals surface area contributed by atoms with Gasteiger partial charge in [0.2, 0.25) is 0 Å². The first kappa shape index (κ1) is 17.4. The molecule has 2 rings (SSSR count). The Bertz CT molecular complexity index is 690. The van der Waals surface area contributed by atoms with E-state index in [2.05, 4.69) is 40.9 Å². The van der Waals surface area contributed by atoms with Gasteiger partial charge in [-0.05, 0) is 41.5 Å². The van der Waals surface area contributed by atoms with Crippen LogP contribution in [0.15, 0.2) is 40.0 Å². The smallest absolute Gasteiger partial charge is 0.251 e. The quantitative estimate of drug-likeness (QED) is 0.845. The summed E-state index contributed by atoms with van der Waals surface area (Å²) < 4.78 is 1.45. The molecule has 0 aliphatic carbocycles. The van der Waals surface area contributed by atoms with Gasteiger partial charge in [-0.1, -0.05) is 13.8 Å². The van der Waals surface area contributed by atoms with Gasteiger partial charge >= 0.3 is 0 Å². The van der Waals surface area contributed by atoms with Gasteiger partial charge in [-0.25, -0.2) is 0 Å². The number of amides is 1. The number of nitrogens with zero attached hydrogens (tertiary/aromatic N) is 2. The van der Waals surface area contributed by atoms with E-state index in [9.17, 15) is 9.59 Å². The zero-order chi connectivity index (χ0) is 16.8. The Morgan fingerprint density at radius 1 is 1.35 bits per heavy atom. The molecule has 1 amide bonds. The van der Waals surface area contributed by atoms with Crippen LogP contribution in [0.2, 0.25) is 0 Å². The van der Waals surface area contributed by atoms with E-state index in [1.165, 1.54) is 16.2 Å². The van der Waals surface area contributed by atoms with E-state index in [0.717, 1.165) is 13.1 Å². The van der Waals surface area contributed by atoms with Crippen LogP contribution in [0.4, 0.5) is 0 Å². The normalized spacial score (nSPS) is 12.3. The zero-order valence-corrected chi connectivity index (χ0v) is 14.6. The summed E-state index contributed by atoms with van der Waals surface area (Å²) in [6, 6.07) is 5.27. The summed E-state index contributed by atoms with van der Waals surface area (Å²) in [6.07, 6.45) is 1.61. The highest BCUT2D eigenvalue weighted by atomic mass is 32.1. The molecular formula is C17H23N3O2S. The molecule has 2 heterocycles. The van der Waals surface area contributed by atoms with E-state index in [0.29, 0.717) is 12.1 Å². The average molecular weight is 333 g/mol. The van der Waals surface area contributed by atoms with Crippen molar-refractivity contribution in [1.82, 2.24) is 14.8 Å². The van der Waals surface area contributed by atoms with Gasteiger partial charge in [0.05, 0.1) is 6.04 Å². The van der Waals surface area contributed by atoms with Gasteiger partial charge in [0.15, 0.2) is 0 Å². The summed E-state index contributed by atoms with van der Waals surface area (Å²) in [5.74, 6) is -0.213. The fraction of sp³-hybridized carbons (Fsp3) is 0.412. The molecule has 0 saturated carbocycles. The first-order valence-electron chi connectivity index (χ1n) is 7.77. The molecule has 0 aliphatic heterocycles. The molecule has 2 aromatic heterocycles. The molecule has 0 bridgehead atoms. The van der Waals surface area contributed by atoms with Crippen molar-refractivity contribution in [2.75, 3.05) is 19.6 Å². The van der Waals surface area contributed by atoms with E-state index in [1.807, 2.05) is 0 Å². The van der Waals surface area contributed by atoms with Crippen LogP contribution in [-0.2, 0) is 7.05 Å². The van der Waals surface area contributed by atoms with Crippen molar-refractivity contribution in [1.29, 1.82) is 0 Å². The van der Waals surface area contributed by atoms with Gasteiger partial charge in [-0.2, -0.15) is 11.3 Å². The standard InChI is InChI=1S/C17H23N3O2S/c1-4-20(5-2)15(14-7-9-23-12-14)11-18-17(22)13-6-8-19(3)16(21)10-13/h6-10,12,15H,4-5,11H2,1-3H3,(H,18,22). The molecule has 0 radical (unpaired) electrons. The van der Waals surface area contributed by atoms with Crippen molar-refractivity contribution in [3.8, 4) is 0 Å². The van der Waals surface area contributed by atoms with E-state index in [1.54, 1.807) is 30.6 Å². The summed E-state index contributed by atoms with van der Waals surface area (Å²) in [7, 11) is 1.66. The minimum absolute atomic E-state index is 0.145. The average Bonchev–Trinajstić information content (AvgIpc) is 3.07. The molecule has 0 saturated heterocycles. The molecule has 0 aromatic carbocycles. The minimum atomic E-state index is -0.213. The predicted octanol–water partition coefficient (Wildman–Crippen LogP) is 2.26. The van der Waals surface area contributed by atoms with Crippen LogP contribution >= 0.6 is 11.3 Å². The van der Waals surface area contributed by atoms with Crippen molar-refractivity contribution in [3.05, 3.63) is 56.6 Å². The lowest BCUT2D eigenvalue weighted by Crippen LogP contribution is -2.38. The number of hydrogen-bond acceptors (Lipinski definition) is 4. The lowest BCUT2D eigenvalue weighted by Gasteiger charge is -2.29. The first-order valence-corrected chi connectivity index (χ1v) is 8.72. The molecule has 2 aromatic rings. The van der Waals surface area contributed by atoms with Gasteiger partial charge < -0.3 is 9.88 Å². The van der Waals surface area contributed by atoms with E-state index in [-0.39, 0.29) is 17.5 Å². The summed E-state index contributed by atoms with van der Waals surface area (Å²) in [6.45, 7) is 6.58. The number of hydrogen-bond donors (Lipinski definition) is 1. The number of carbonyl (C=O) groups excluding carboxylic acids is 1. The Labute approximate surface area is 140 Å². The maximum atomic E-state index is 12.3. The van der Waals surface area contributed by atoms with Crippen LogP contribution in [0.3, 0.4) is 0 Å². The van der Waals surface area contributed by atoms with Crippen LogP contribution in [0.5, 0.6) is 0 Å². The van der Waals surface area contributed by atoms with Gasteiger partial charge in [-0.15, -0.1) is 0 Å². The van der Waals surface area contributed by atoms with Gasteiger partial charge in [0.25, 0.3) is 11.5 Å². The summed E-state index contributed by atoms with van der Waals surface area (Å²) >= 11 is 1.66. The molecule has 124 valence electrons. The third kappa shape index (κ3) is 4.30. The fourth-order valence-electron chi connectivity index (χ4n) is 2.57. The molecule has 1 N–H and O–H groups in total. The Kier molecular flexibility index (Phi) is 6.12. The van der Waals surface area contributed by atoms with E-state index < -0.39 is 0 Å². The van der Waals surface area contributed by atoms with Gasteiger partial charge in [0.1, 0.15) is 0 Å². The lowest BCUT2D eigenvalue weighted by atomic mass is 10.1. The second kappa shape index (κ2) is 8.08. The zero-order valence-electron chi connectivity index (χ0n) is 13.8. The van der Waals surface area contributed by atoms with Crippen molar-refractivity contribution in [2.45, 2.75) is 19.9 Å². The first-order chi connectivity index (χ1) is 11.1. The van der Waals surface area contributed by atoms with Crippen molar-refractivity contribution in [2.24, 2.45) is 7.05 Å². The summed E-state index contributed by atoms with van der Waals surface area (Å²) in [4.78, 5) is 26.3. The van der Waals surface area contributed by atoms with Crippen LogP contribution in [-0.4, -0.2) is 35.0 Å². The minimum Gasteiger partial charge on any atom is -0.350 e. The molecule has 0 aliphatic rings. The fourth-order valence-corrected chi connectivity index (χ4v) is 3.27. The van der Waals surface area contributed by atoms with Crippen molar-refractivity contribution >= 4 is 17.2 Å².